The van der Waals surface area contributed by atoms with E-state index < -0.39 is 0 Å². The molecule has 0 amide bonds. The monoisotopic (exact) mass is 272 g/mol. The summed E-state index contributed by atoms with van der Waals surface area (Å²) in [6.07, 6.45) is 12.4. The van der Waals surface area contributed by atoms with Gasteiger partial charge in [0.25, 0.3) is 0 Å². The molecule has 0 nitrogen and oxygen atoms in total. The Morgan fingerprint density at radius 1 is 1.10 bits per heavy atom. The molecule has 0 N–H and O–H groups in total. The second-order valence-corrected chi connectivity index (χ2v) is 8.58. The zero-order valence-electron chi connectivity index (χ0n) is 14.2. The predicted molar refractivity (Wildman–Crippen MR) is 87.6 cm³/mol. The quantitative estimate of drug-likeness (QED) is 0.526. The lowest BCUT2D eigenvalue weighted by molar-refractivity contribution is 0.169. The molecule has 20 heavy (non-hydrogen) atoms. The minimum absolute atomic E-state index is 0.476. The highest BCUT2D eigenvalue weighted by Gasteiger charge is 2.47. The van der Waals surface area contributed by atoms with Crippen LogP contribution in [0, 0.1) is 22.7 Å². The molecule has 0 radical (unpaired) electrons. The van der Waals surface area contributed by atoms with Gasteiger partial charge in [-0.3, -0.25) is 0 Å². The van der Waals surface area contributed by atoms with Gasteiger partial charge in [-0.15, -0.1) is 0 Å². The van der Waals surface area contributed by atoms with Crippen LogP contribution in [-0.4, -0.2) is 0 Å². The fourth-order valence-electron chi connectivity index (χ4n) is 5.60. The standard InChI is InChI=1S/C20H32/c1-14(2)17-9-8-16-13-18-15(3)7-6-10-19(18,4)11-12-20(16,17)5/h13-14,17H,6-12H2,1-5H3/t17-,19+,20+/m1/s1. The van der Waals surface area contributed by atoms with E-state index in [1.165, 1.54) is 44.9 Å². The van der Waals surface area contributed by atoms with Crippen LogP contribution in [0.1, 0.15) is 79.6 Å². The van der Waals surface area contributed by atoms with Gasteiger partial charge in [0.1, 0.15) is 0 Å². The Bertz CT molecular complexity index is 464. The van der Waals surface area contributed by atoms with Gasteiger partial charge in [-0.2, -0.15) is 0 Å². The first kappa shape index (κ1) is 14.4. The SMILES string of the molecule is CC1=C2C=C3CC[C@H](C(C)C)[C@@]3(C)CC[C@]2(C)CCC1. The smallest absolute Gasteiger partial charge is 0.00754 e. The van der Waals surface area contributed by atoms with Crippen molar-refractivity contribution in [3.63, 3.8) is 0 Å². The van der Waals surface area contributed by atoms with E-state index >= 15 is 0 Å². The maximum absolute atomic E-state index is 2.67. The van der Waals surface area contributed by atoms with Crippen LogP contribution in [0.5, 0.6) is 0 Å². The molecule has 0 aliphatic heterocycles. The van der Waals surface area contributed by atoms with Crippen molar-refractivity contribution in [3.8, 4) is 0 Å². The van der Waals surface area contributed by atoms with E-state index in [4.69, 9.17) is 0 Å². The Balaban J connectivity index is 2.05. The fraction of sp³-hybridized carbons (Fsp3) is 0.800. The second kappa shape index (κ2) is 4.75. The zero-order valence-corrected chi connectivity index (χ0v) is 14.2. The highest BCUT2D eigenvalue weighted by atomic mass is 14.5. The van der Waals surface area contributed by atoms with Crippen molar-refractivity contribution in [2.45, 2.75) is 79.6 Å². The Labute approximate surface area is 125 Å². The van der Waals surface area contributed by atoms with Gasteiger partial charge in [-0.05, 0) is 80.1 Å². The second-order valence-electron chi connectivity index (χ2n) is 8.58. The summed E-state index contributed by atoms with van der Waals surface area (Å²) >= 11 is 0. The summed E-state index contributed by atoms with van der Waals surface area (Å²) in [5, 5.41) is 0. The average Bonchev–Trinajstić information content (AvgIpc) is 2.64. The largest absolute Gasteiger partial charge is 0.0696 e. The Kier molecular flexibility index (Phi) is 3.42. The lowest BCUT2D eigenvalue weighted by Gasteiger charge is -2.38. The van der Waals surface area contributed by atoms with Crippen LogP contribution in [0.4, 0.5) is 0 Å². The molecule has 0 aromatic rings. The van der Waals surface area contributed by atoms with Crippen LogP contribution >= 0.6 is 0 Å². The van der Waals surface area contributed by atoms with Crippen molar-refractivity contribution < 1.29 is 0 Å². The van der Waals surface area contributed by atoms with Crippen molar-refractivity contribution in [2.75, 3.05) is 0 Å². The van der Waals surface area contributed by atoms with Crippen molar-refractivity contribution in [2.24, 2.45) is 22.7 Å². The minimum atomic E-state index is 0.476. The molecule has 0 bridgehead atoms. The number of hydrogen-bond acceptors (Lipinski definition) is 0. The van der Waals surface area contributed by atoms with E-state index in [1.54, 1.807) is 16.7 Å². The van der Waals surface area contributed by atoms with Gasteiger partial charge in [0.2, 0.25) is 0 Å². The van der Waals surface area contributed by atoms with Crippen molar-refractivity contribution in [3.05, 3.63) is 22.8 Å². The van der Waals surface area contributed by atoms with Crippen LogP contribution in [0.15, 0.2) is 22.8 Å². The summed E-state index contributed by atoms with van der Waals surface area (Å²) in [5.41, 5.74) is 6.16. The third-order valence-corrected chi connectivity index (χ3v) is 6.99. The molecule has 3 aliphatic rings. The first-order valence-corrected chi connectivity index (χ1v) is 8.78. The van der Waals surface area contributed by atoms with Crippen LogP contribution in [0.2, 0.25) is 0 Å². The molecule has 0 unspecified atom stereocenters. The lowest BCUT2D eigenvalue weighted by Crippen LogP contribution is -2.28. The molecule has 0 aromatic heterocycles. The molecule has 0 heteroatoms. The zero-order chi connectivity index (χ0) is 14.5. The van der Waals surface area contributed by atoms with Gasteiger partial charge < -0.3 is 0 Å². The first-order valence-electron chi connectivity index (χ1n) is 8.78. The van der Waals surface area contributed by atoms with Gasteiger partial charge >= 0.3 is 0 Å². The summed E-state index contributed by atoms with van der Waals surface area (Å²) < 4.78 is 0. The fourth-order valence-corrected chi connectivity index (χ4v) is 5.60. The lowest BCUT2D eigenvalue weighted by atomic mass is 9.66. The van der Waals surface area contributed by atoms with E-state index in [-0.39, 0.29) is 0 Å². The third kappa shape index (κ3) is 2.02. The van der Waals surface area contributed by atoms with Gasteiger partial charge in [-0.25, -0.2) is 0 Å². The predicted octanol–water partition coefficient (Wildman–Crippen LogP) is 6.29. The molecule has 1 fully saturated rings. The Morgan fingerprint density at radius 3 is 2.55 bits per heavy atom. The van der Waals surface area contributed by atoms with Crippen LogP contribution in [-0.2, 0) is 0 Å². The third-order valence-electron chi connectivity index (χ3n) is 6.99. The normalized spacial score (nSPS) is 41.3. The summed E-state index contributed by atoms with van der Waals surface area (Å²) in [6, 6.07) is 0. The van der Waals surface area contributed by atoms with Gasteiger partial charge in [0.15, 0.2) is 0 Å². The van der Waals surface area contributed by atoms with Gasteiger partial charge in [-0.1, -0.05) is 44.9 Å². The average molecular weight is 272 g/mol. The summed E-state index contributed by atoms with van der Waals surface area (Å²) in [5.74, 6) is 1.73. The number of allylic oxidation sites excluding steroid dienone is 4. The van der Waals surface area contributed by atoms with E-state index in [0.29, 0.717) is 10.8 Å². The maximum atomic E-state index is 2.67. The van der Waals surface area contributed by atoms with E-state index in [2.05, 4.69) is 40.7 Å². The van der Waals surface area contributed by atoms with Crippen LogP contribution < -0.4 is 0 Å². The maximum Gasteiger partial charge on any atom is -0.00754 e. The van der Waals surface area contributed by atoms with Crippen LogP contribution in [0.3, 0.4) is 0 Å². The van der Waals surface area contributed by atoms with Crippen molar-refractivity contribution in [1.82, 2.24) is 0 Å². The summed E-state index contributed by atoms with van der Waals surface area (Å²) in [4.78, 5) is 0. The highest BCUT2D eigenvalue weighted by Crippen LogP contribution is 2.59. The van der Waals surface area contributed by atoms with E-state index in [9.17, 15) is 0 Å². The molecule has 0 heterocycles. The van der Waals surface area contributed by atoms with E-state index in [1.807, 2.05) is 0 Å². The Hall–Kier alpha value is -0.520. The molecular weight excluding hydrogens is 240 g/mol. The molecular formula is C20H32. The number of rotatable bonds is 1. The molecule has 1 saturated carbocycles. The van der Waals surface area contributed by atoms with Crippen molar-refractivity contribution in [1.29, 1.82) is 0 Å². The topological polar surface area (TPSA) is 0 Å². The number of fused-ring (bicyclic) bond motifs is 2. The molecule has 112 valence electrons. The molecule has 0 aromatic carbocycles. The molecule has 3 atom stereocenters. The van der Waals surface area contributed by atoms with Gasteiger partial charge in [0.05, 0.1) is 0 Å². The first-order chi connectivity index (χ1) is 9.37. The van der Waals surface area contributed by atoms with Crippen molar-refractivity contribution >= 4 is 0 Å². The summed E-state index contributed by atoms with van der Waals surface area (Å²) in [6.45, 7) is 12.4. The molecule has 3 rings (SSSR count). The molecule has 0 saturated heterocycles. The van der Waals surface area contributed by atoms with Crippen LogP contribution in [0.25, 0.3) is 0 Å². The number of hydrogen-bond donors (Lipinski definition) is 0. The van der Waals surface area contributed by atoms with E-state index in [0.717, 1.165) is 11.8 Å². The Morgan fingerprint density at radius 2 is 1.85 bits per heavy atom. The molecule has 3 aliphatic carbocycles. The minimum Gasteiger partial charge on any atom is -0.0696 e. The highest BCUT2D eigenvalue weighted by molar-refractivity contribution is 5.40. The summed E-state index contributed by atoms with van der Waals surface area (Å²) in [7, 11) is 0. The molecule has 0 spiro atoms. The van der Waals surface area contributed by atoms with Gasteiger partial charge in [0, 0.05) is 0 Å².